The van der Waals surface area contributed by atoms with E-state index in [1.165, 1.54) is 0 Å². The fraction of sp³-hybridized carbons (Fsp3) is 0.211. The lowest BCUT2D eigenvalue weighted by Crippen LogP contribution is -2.28. The highest BCUT2D eigenvalue weighted by atomic mass is 79.9. The Morgan fingerprint density at radius 1 is 1.31 bits per heavy atom. The monoisotopic (exact) mass is 412 g/mol. The normalized spacial score (nSPS) is 17.1. The molecule has 0 spiro atoms. The molecular weight excluding hydrogens is 396 g/mol. The first-order valence-electron chi connectivity index (χ1n) is 8.33. The molecule has 1 aliphatic heterocycles. The molecule has 1 aromatic heterocycles. The number of aromatic amines is 1. The van der Waals surface area contributed by atoms with E-state index in [2.05, 4.69) is 31.4 Å². The van der Waals surface area contributed by atoms with E-state index < -0.39 is 5.92 Å². The maximum atomic E-state index is 12.6. The Balaban J connectivity index is 1.53. The van der Waals surface area contributed by atoms with Crippen LogP contribution in [0.4, 0.5) is 11.5 Å². The fourth-order valence-corrected chi connectivity index (χ4v) is 3.72. The van der Waals surface area contributed by atoms with E-state index in [1.54, 1.807) is 4.90 Å². The molecule has 7 heteroatoms. The van der Waals surface area contributed by atoms with Gasteiger partial charge in [-0.05, 0) is 42.8 Å². The number of para-hydroxylation sites is 1. The number of amides is 2. The lowest BCUT2D eigenvalue weighted by molar-refractivity contribution is -0.122. The Kier molecular flexibility index (Phi) is 4.24. The fourth-order valence-electron chi connectivity index (χ4n) is 3.24. The minimum absolute atomic E-state index is 0.0880. The molecule has 132 valence electrons. The summed E-state index contributed by atoms with van der Waals surface area (Å²) in [5.41, 5.74) is 2.59. The number of hydrogen-bond acceptors (Lipinski definition) is 3. The molecule has 1 atom stereocenters. The van der Waals surface area contributed by atoms with E-state index in [-0.39, 0.29) is 18.2 Å². The van der Waals surface area contributed by atoms with Gasteiger partial charge in [-0.15, -0.1) is 0 Å². The summed E-state index contributed by atoms with van der Waals surface area (Å²) in [6.45, 7) is 2.26. The number of hydrogen-bond donors (Lipinski definition) is 2. The third kappa shape index (κ3) is 2.99. The van der Waals surface area contributed by atoms with Crippen LogP contribution in [-0.2, 0) is 9.59 Å². The van der Waals surface area contributed by atoms with Gasteiger partial charge in [0.1, 0.15) is 0 Å². The molecule has 2 aromatic carbocycles. The first-order chi connectivity index (χ1) is 12.5. The molecule has 2 heterocycles. The zero-order chi connectivity index (χ0) is 18.3. The van der Waals surface area contributed by atoms with Crippen molar-refractivity contribution in [3.05, 3.63) is 52.5 Å². The topological polar surface area (TPSA) is 78.1 Å². The summed E-state index contributed by atoms with van der Waals surface area (Å²) >= 11 is 3.41. The van der Waals surface area contributed by atoms with E-state index in [0.29, 0.717) is 12.4 Å². The van der Waals surface area contributed by atoms with Crippen molar-refractivity contribution in [2.24, 2.45) is 5.92 Å². The van der Waals surface area contributed by atoms with Crippen molar-refractivity contribution in [1.29, 1.82) is 0 Å². The van der Waals surface area contributed by atoms with Crippen LogP contribution in [0.15, 0.2) is 46.9 Å². The second-order valence-electron chi connectivity index (χ2n) is 6.45. The van der Waals surface area contributed by atoms with Crippen molar-refractivity contribution in [1.82, 2.24) is 10.2 Å². The standard InChI is InChI=1S/C19H17BrN4O2/c1-11-8-13(20)6-7-15(11)21-19(26)12-9-17(25)24(10-12)18-14-4-2-3-5-16(14)22-23-18/h2-8,12H,9-10H2,1H3,(H,21,26)(H,22,23)/t12-/m0/s1. The Labute approximate surface area is 158 Å². The van der Waals surface area contributed by atoms with Crippen LogP contribution in [0.3, 0.4) is 0 Å². The second kappa shape index (κ2) is 6.57. The first-order valence-corrected chi connectivity index (χ1v) is 9.12. The van der Waals surface area contributed by atoms with Gasteiger partial charge in [0.2, 0.25) is 11.8 Å². The SMILES string of the molecule is Cc1cc(Br)ccc1NC(=O)[C@H]1CC(=O)N(c2n[nH]c3ccccc23)C1. The van der Waals surface area contributed by atoms with Crippen LogP contribution in [0.2, 0.25) is 0 Å². The molecule has 1 fully saturated rings. The van der Waals surface area contributed by atoms with Crippen molar-refractivity contribution in [2.45, 2.75) is 13.3 Å². The number of nitrogens with zero attached hydrogens (tertiary/aromatic N) is 2. The van der Waals surface area contributed by atoms with Gasteiger partial charge in [-0.2, -0.15) is 5.10 Å². The van der Waals surface area contributed by atoms with E-state index in [0.717, 1.165) is 26.6 Å². The maximum absolute atomic E-state index is 12.6. The van der Waals surface area contributed by atoms with E-state index in [1.807, 2.05) is 49.4 Å². The van der Waals surface area contributed by atoms with Gasteiger partial charge in [-0.1, -0.05) is 28.1 Å². The smallest absolute Gasteiger partial charge is 0.229 e. The molecule has 0 saturated carbocycles. The number of nitrogens with one attached hydrogen (secondary N) is 2. The van der Waals surface area contributed by atoms with Crippen LogP contribution in [0.1, 0.15) is 12.0 Å². The number of halogens is 1. The van der Waals surface area contributed by atoms with Gasteiger partial charge < -0.3 is 5.32 Å². The third-order valence-corrected chi connectivity index (χ3v) is 5.14. The number of fused-ring (bicyclic) bond motifs is 1. The zero-order valence-corrected chi connectivity index (χ0v) is 15.7. The molecule has 2 amide bonds. The second-order valence-corrected chi connectivity index (χ2v) is 7.36. The van der Waals surface area contributed by atoms with Gasteiger partial charge in [0.15, 0.2) is 5.82 Å². The molecule has 0 bridgehead atoms. The molecule has 2 N–H and O–H groups in total. The molecular formula is C19H17BrN4O2. The predicted molar refractivity (Wildman–Crippen MR) is 104 cm³/mol. The molecule has 1 saturated heterocycles. The van der Waals surface area contributed by atoms with Crippen LogP contribution < -0.4 is 10.2 Å². The minimum atomic E-state index is -0.402. The van der Waals surface area contributed by atoms with Gasteiger partial charge in [-0.3, -0.25) is 19.6 Å². The van der Waals surface area contributed by atoms with Gasteiger partial charge >= 0.3 is 0 Å². The average Bonchev–Trinajstić information content (AvgIpc) is 3.20. The zero-order valence-electron chi connectivity index (χ0n) is 14.1. The van der Waals surface area contributed by atoms with Crippen LogP contribution in [0.25, 0.3) is 10.9 Å². The quantitative estimate of drug-likeness (QED) is 0.689. The summed E-state index contributed by atoms with van der Waals surface area (Å²) in [4.78, 5) is 26.7. The predicted octanol–water partition coefficient (Wildman–Crippen LogP) is 3.63. The summed E-state index contributed by atoms with van der Waals surface area (Å²) in [6.07, 6.45) is 0.183. The number of H-pyrrole nitrogens is 1. The van der Waals surface area contributed by atoms with Crippen molar-refractivity contribution >= 4 is 50.2 Å². The third-order valence-electron chi connectivity index (χ3n) is 4.65. The first kappa shape index (κ1) is 16.8. The highest BCUT2D eigenvalue weighted by molar-refractivity contribution is 9.10. The summed E-state index contributed by atoms with van der Waals surface area (Å²) in [5, 5.41) is 11.0. The Bertz CT molecular complexity index is 1010. The molecule has 0 radical (unpaired) electrons. The molecule has 3 aromatic rings. The van der Waals surface area contributed by atoms with Crippen LogP contribution >= 0.6 is 15.9 Å². The van der Waals surface area contributed by atoms with E-state index in [9.17, 15) is 9.59 Å². The van der Waals surface area contributed by atoms with Gasteiger partial charge in [0.05, 0.1) is 11.4 Å². The number of benzene rings is 2. The van der Waals surface area contributed by atoms with E-state index >= 15 is 0 Å². The van der Waals surface area contributed by atoms with Crippen molar-refractivity contribution in [2.75, 3.05) is 16.8 Å². The molecule has 1 aliphatic rings. The van der Waals surface area contributed by atoms with Gasteiger partial charge in [-0.25, -0.2) is 0 Å². The molecule has 6 nitrogen and oxygen atoms in total. The lowest BCUT2D eigenvalue weighted by atomic mass is 10.1. The number of aromatic nitrogens is 2. The summed E-state index contributed by atoms with van der Waals surface area (Å²) < 4.78 is 0.959. The minimum Gasteiger partial charge on any atom is -0.326 e. The van der Waals surface area contributed by atoms with Gasteiger partial charge in [0, 0.05) is 28.5 Å². The summed E-state index contributed by atoms with van der Waals surface area (Å²) in [6, 6.07) is 13.3. The van der Waals surface area contributed by atoms with Crippen LogP contribution in [0, 0.1) is 12.8 Å². The molecule has 0 aliphatic carbocycles. The molecule has 26 heavy (non-hydrogen) atoms. The summed E-state index contributed by atoms with van der Waals surface area (Å²) in [7, 11) is 0. The number of carbonyl (C=O) groups excluding carboxylic acids is 2. The average molecular weight is 413 g/mol. The number of carbonyl (C=O) groups is 2. The lowest BCUT2D eigenvalue weighted by Gasteiger charge is -2.15. The van der Waals surface area contributed by atoms with Crippen molar-refractivity contribution in [3.8, 4) is 0 Å². The Morgan fingerprint density at radius 2 is 2.12 bits per heavy atom. The number of rotatable bonds is 3. The number of anilines is 2. The van der Waals surface area contributed by atoms with Gasteiger partial charge in [0.25, 0.3) is 0 Å². The molecule has 0 unspecified atom stereocenters. The largest absolute Gasteiger partial charge is 0.326 e. The Hall–Kier alpha value is -2.67. The van der Waals surface area contributed by atoms with Crippen LogP contribution in [-0.4, -0.2) is 28.6 Å². The van der Waals surface area contributed by atoms with Crippen LogP contribution in [0.5, 0.6) is 0 Å². The van der Waals surface area contributed by atoms with E-state index in [4.69, 9.17) is 0 Å². The number of aryl methyl sites for hydroxylation is 1. The highest BCUT2D eigenvalue weighted by Gasteiger charge is 2.37. The maximum Gasteiger partial charge on any atom is 0.229 e. The highest BCUT2D eigenvalue weighted by Crippen LogP contribution is 2.30. The van der Waals surface area contributed by atoms with Crippen molar-refractivity contribution in [3.63, 3.8) is 0 Å². The molecule has 4 rings (SSSR count). The Morgan fingerprint density at radius 3 is 2.92 bits per heavy atom. The summed E-state index contributed by atoms with van der Waals surface area (Å²) in [5.74, 6) is -0.0530. The van der Waals surface area contributed by atoms with Crippen molar-refractivity contribution < 1.29 is 9.59 Å².